The number of likely N-dealkylation sites (tertiary alicyclic amines) is 1. The summed E-state index contributed by atoms with van der Waals surface area (Å²) in [6, 6.07) is 0. The van der Waals surface area contributed by atoms with Crippen LogP contribution < -0.4 is 0 Å². The predicted molar refractivity (Wildman–Crippen MR) is 91.8 cm³/mol. The molecule has 138 valence electrons. The Bertz CT molecular complexity index is 573. The molecule has 24 heavy (non-hydrogen) atoms. The van der Waals surface area contributed by atoms with E-state index in [9.17, 15) is 18.3 Å². The van der Waals surface area contributed by atoms with E-state index in [1.807, 2.05) is 4.90 Å². The highest BCUT2D eigenvalue weighted by Crippen LogP contribution is 2.43. The Balaban J connectivity index is 1.61. The number of piperidine rings is 1. The van der Waals surface area contributed by atoms with Gasteiger partial charge in [-0.1, -0.05) is 25.7 Å². The summed E-state index contributed by atoms with van der Waals surface area (Å²) in [5.41, 5.74) is -0.482. The smallest absolute Gasteiger partial charge is 0.222 e. The van der Waals surface area contributed by atoms with Gasteiger partial charge in [0.1, 0.15) is 0 Å². The SMILES string of the molecule is CS(=O)(=O)N1C[C@@H]2CCN(C(=O)CCC3CCCC3)C[C@]2(CO)C1. The molecule has 3 aliphatic rings. The molecule has 0 bridgehead atoms. The number of fused-ring (bicyclic) bond motifs is 1. The zero-order valence-corrected chi connectivity index (χ0v) is 15.4. The van der Waals surface area contributed by atoms with Crippen LogP contribution in [0.5, 0.6) is 0 Å². The van der Waals surface area contributed by atoms with Gasteiger partial charge in [-0.3, -0.25) is 4.79 Å². The number of hydrogen-bond acceptors (Lipinski definition) is 4. The molecule has 1 amide bonds. The van der Waals surface area contributed by atoms with Crippen LogP contribution in [0.15, 0.2) is 0 Å². The van der Waals surface area contributed by atoms with Crippen molar-refractivity contribution >= 4 is 15.9 Å². The van der Waals surface area contributed by atoms with Crippen LogP contribution in [0.3, 0.4) is 0 Å². The minimum absolute atomic E-state index is 0.0594. The zero-order chi connectivity index (χ0) is 17.4. The molecule has 3 rings (SSSR count). The van der Waals surface area contributed by atoms with Crippen molar-refractivity contribution in [3.63, 3.8) is 0 Å². The van der Waals surface area contributed by atoms with E-state index >= 15 is 0 Å². The van der Waals surface area contributed by atoms with Gasteiger partial charge in [0.25, 0.3) is 0 Å². The van der Waals surface area contributed by atoms with Gasteiger partial charge in [0.2, 0.25) is 15.9 Å². The quantitative estimate of drug-likeness (QED) is 0.797. The van der Waals surface area contributed by atoms with Crippen LogP contribution in [0.4, 0.5) is 0 Å². The third-order valence-electron chi connectivity index (χ3n) is 6.41. The van der Waals surface area contributed by atoms with E-state index in [0.29, 0.717) is 38.5 Å². The Morgan fingerprint density at radius 1 is 1.21 bits per heavy atom. The fourth-order valence-corrected chi connectivity index (χ4v) is 5.75. The van der Waals surface area contributed by atoms with Crippen LogP contribution in [0, 0.1) is 17.3 Å². The molecular weight excluding hydrogens is 328 g/mol. The molecular formula is C17H30N2O4S. The van der Waals surface area contributed by atoms with E-state index in [2.05, 4.69) is 0 Å². The van der Waals surface area contributed by atoms with Gasteiger partial charge in [-0.25, -0.2) is 12.7 Å². The molecule has 0 aromatic heterocycles. The number of hydrogen-bond donors (Lipinski definition) is 1. The Kier molecular flexibility index (Phi) is 5.23. The van der Waals surface area contributed by atoms with Crippen molar-refractivity contribution in [3.8, 4) is 0 Å². The van der Waals surface area contributed by atoms with E-state index < -0.39 is 15.4 Å². The van der Waals surface area contributed by atoms with Crippen LogP contribution in [-0.2, 0) is 14.8 Å². The number of nitrogens with zero attached hydrogens (tertiary/aromatic N) is 2. The van der Waals surface area contributed by atoms with Crippen LogP contribution in [0.1, 0.15) is 44.9 Å². The highest BCUT2D eigenvalue weighted by molar-refractivity contribution is 7.88. The molecule has 2 saturated heterocycles. The lowest BCUT2D eigenvalue weighted by Gasteiger charge is -2.43. The van der Waals surface area contributed by atoms with E-state index in [1.54, 1.807) is 0 Å². The van der Waals surface area contributed by atoms with Crippen molar-refractivity contribution in [3.05, 3.63) is 0 Å². The second-order valence-electron chi connectivity index (χ2n) is 8.07. The van der Waals surface area contributed by atoms with Gasteiger partial charge in [0.15, 0.2) is 0 Å². The number of sulfonamides is 1. The highest BCUT2D eigenvalue weighted by atomic mass is 32.2. The summed E-state index contributed by atoms with van der Waals surface area (Å²) in [5.74, 6) is 1.02. The lowest BCUT2D eigenvalue weighted by Crippen LogP contribution is -2.52. The number of aliphatic hydroxyl groups excluding tert-OH is 1. The lowest BCUT2D eigenvalue weighted by atomic mass is 9.74. The van der Waals surface area contributed by atoms with Crippen LogP contribution in [0.2, 0.25) is 0 Å². The number of amides is 1. The van der Waals surface area contributed by atoms with Crippen molar-refractivity contribution in [2.45, 2.75) is 44.9 Å². The minimum Gasteiger partial charge on any atom is -0.396 e. The molecule has 0 aromatic carbocycles. The standard InChI is InChI=1S/C17H30N2O4S/c1-24(22,23)19-10-15-8-9-18(11-17(15,12-19)13-20)16(21)7-6-14-4-2-3-5-14/h14-15,20H,2-13H2,1H3/t15-,17+/m0/s1. The lowest BCUT2D eigenvalue weighted by molar-refractivity contribution is -0.136. The van der Waals surface area contributed by atoms with Crippen LogP contribution >= 0.6 is 0 Å². The van der Waals surface area contributed by atoms with Crippen molar-refractivity contribution in [1.29, 1.82) is 0 Å². The third-order valence-corrected chi connectivity index (χ3v) is 7.63. The number of carbonyl (C=O) groups excluding carboxylic acids is 1. The molecule has 1 N–H and O–H groups in total. The molecule has 7 heteroatoms. The number of carbonyl (C=O) groups is 1. The first-order chi connectivity index (χ1) is 11.3. The Hall–Kier alpha value is -0.660. The fraction of sp³-hybridized carbons (Fsp3) is 0.941. The van der Waals surface area contributed by atoms with Crippen LogP contribution in [-0.4, -0.2) is 67.7 Å². The molecule has 0 spiro atoms. The number of aliphatic hydroxyl groups is 1. The van der Waals surface area contributed by atoms with E-state index in [1.165, 1.54) is 36.2 Å². The van der Waals surface area contributed by atoms with Gasteiger partial charge in [-0.15, -0.1) is 0 Å². The topological polar surface area (TPSA) is 77.9 Å². The summed E-state index contributed by atoms with van der Waals surface area (Å²) in [7, 11) is -3.25. The molecule has 3 fully saturated rings. The molecule has 2 heterocycles. The Morgan fingerprint density at radius 3 is 2.54 bits per heavy atom. The van der Waals surface area contributed by atoms with E-state index in [0.717, 1.165) is 12.8 Å². The van der Waals surface area contributed by atoms with Crippen molar-refractivity contribution < 1.29 is 18.3 Å². The first-order valence-corrected chi connectivity index (χ1v) is 11.0. The van der Waals surface area contributed by atoms with Crippen molar-refractivity contribution in [1.82, 2.24) is 9.21 Å². The summed E-state index contributed by atoms with van der Waals surface area (Å²) >= 11 is 0. The number of rotatable bonds is 5. The normalized spacial score (nSPS) is 32.2. The molecule has 0 radical (unpaired) electrons. The maximum atomic E-state index is 12.6. The van der Waals surface area contributed by atoms with Crippen LogP contribution in [0.25, 0.3) is 0 Å². The monoisotopic (exact) mass is 358 g/mol. The molecule has 6 nitrogen and oxygen atoms in total. The van der Waals surface area contributed by atoms with Gasteiger partial charge in [-0.05, 0) is 24.7 Å². The molecule has 2 atom stereocenters. The highest BCUT2D eigenvalue weighted by Gasteiger charge is 2.52. The zero-order valence-electron chi connectivity index (χ0n) is 14.6. The second kappa shape index (κ2) is 6.92. The average Bonchev–Trinajstić information content (AvgIpc) is 3.18. The summed E-state index contributed by atoms with van der Waals surface area (Å²) in [6.07, 6.45) is 8.64. The summed E-state index contributed by atoms with van der Waals surface area (Å²) < 4.78 is 25.2. The Labute approximate surface area is 145 Å². The summed E-state index contributed by atoms with van der Waals surface area (Å²) in [4.78, 5) is 14.5. The van der Waals surface area contributed by atoms with Gasteiger partial charge < -0.3 is 10.0 Å². The van der Waals surface area contributed by atoms with Gasteiger partial charge >= 0.3 is 0 Å². The van der Waals surface area contributed by atoms with Gasteiger partial charge in [0.05, 0.1) is 12.9 Å². The Morgan fingerprint density at radius 2 is 1.92 bits per heavy atom. The van der Waals surface area contributed by atoms with Crippen molar-refractivity contribution in [2.75, 3.05) is 39.0 Å². The molecule has 0 aromatic rings. The molecule has 1 saturated carbocycles. The fourth-order valence-electron chi connectivity index (χ4n) is 4.81. The summed E-state index contributed by atoms with van der Waals surface area (Å²) in [5, 5.41) is 9.98. The van der Waals surface area contributed by atoms with E-state index in [4.69, 9.17) is 0 Å². The van der Waals surface area contributed by atoms with Crippen molar-refractivity contribution in [2.24, 2.45) is 17.3 Å². The van der Waals surface area contributed by atoms with Gasteiger partial charge in [-0.2, -0.15) is 0 Å². The average molecular weight is 359 g/mol. The van der Waals surface area contributed by atoms with E-state index in [-0.39, 0.29) is 18.4 Å². The minimum atomic E-state index is -3.25. The third kappa shape index (κ3) is 3.63. The molecule has 0 unspecified atom stereocenters. The first kappa shape index (κ1) is 18.1. The molecule has 1 aliphatic carbocycles. The maximum absolute atomic E-state index is 12.6. The largest absolute Gasteiger partial charge is 0.396 e. The first-order valence-electron chi connectivity index (χ1n) is 9.18. The summed E-state index contributed by atoms with van der Waals surface area (Å²) in [6.45, 7) is 1.93. The second-order valence-corrected chi connectivity index (χ2v) is 10.0. The maximum Gasteiger partial charge on any atom is 0.222 e. The van der Waals surface area contributed by atoms with Gasteiger partial charge in [0, 0.05) is 38.0 Å². The predicted octanol–water partition coefficient (Wildman–Crippen LogP) is 1.06. The molecule has 2 aliphatic heterocycles.